The molecule has 2 aromatic rings. The summed E-state index contributed by atoms with van der Waals surface area (Å²) in [5, 5.41) is 0.842. The Balaban J connectivity index is 0.00000102. The zero-order valence-corrected chi connectivity index (χ0v) is 14.8. The monoisotopic (exact) mass is 309 g/mol. The Morgan fingerprint density at radius 3 is 1.86 bits per heavy atom. The number of aromatic nitrogens is 1. The van der Waals surface area contributed by atoms with Gasteiger partial charge in [-0.15, -0.1) is 0 Å². The smallest absolute Gasteiger partial charge is 0.205 e. The van der Waals surface area contributed by atoms with Gasteiger partial charge in [-0.3, -0.25) is 4.79 Å². The van der Waals surface area contributed by atoms with Crippen LogP contribution < -0.4 is 14.2 Å². The van der Waals surface area contributed by atoms with E-state index in [-0.39, 0.29) is 5.78 Å². The maximum Gasteiger partial charge on any atom is 0.205 e. The van der Waals surface area contributed by atoms with Gasteiger partial charge in [0.25, 0.3) is 0 Å². The van der Waals surface area contributed by atoms with Crippen molar-refractivity contribution >= 4 is 16.7 Å². The minimum atomic E-state index is -0.0359. The Labute approximate surface area is 132 Å². The molecule has 2 rings (SSSR count). The quantitative estimate of drug-likeness (QED) is 0.848. The summed E-state index contributed by atoms with van der Waals surface area (Å²) in [6.07, 6.45) is 0. The number of hydrogen-bond acceptors (Lipinski definition) is 4. The van der Waals surface area contributed by atoms with Gasteiger partial charge in [0.15, 0.2) is 17.3 Å². The summed E-state index contributed by atoms with van der Waals surface area (Å²) in [4.78, 5) is 14.4. The Morgan fingerprint density at radius 1 is 0.909 bits per heavy atom. The van der Waals surface area contributed by atoms with Crippen LogP contribution in [0.2, 0.25) is 0 Å². The van der Waals surface area contributed by atoms with Crippen LogP contribution in [-0.4, -0.2) is 32.1 Å². The maximum atomic E-state index is 11.4. The molecule has 1 aromatic heterocycles. The van der Waals surface area contributed by atoms with Crippen molar-refractivity contribution in [1.82, 2.24) is 4.98 Å². The Kier molecular flexibility index (Phi) is 8.75. The number of Topliss-reactive ketones (excluding diaryl/α,β-unsaturated/α-hetero) is 1. The minimum absolute atomic E-state index is 0.0359. The van der Waals surface area contributed by atoms with Gasteiger partial charge in [0, 0.05) is 12.3 Å². The van der Waals surface area contributed by atoms with E-state index in [4.69, 9.17) is 14.2 Å². The van der Waals surface area contributed by atoms with Gasteiger partial charge in [-0.25, -0.2) is 0 Å². The standard InChI is InChI=1S/C13H15NO4.2C2H6/c1-7(15)9-5-8-6-10(16-2)12(17-3)13(18-4)11(8)14-9;2*1-2/h5-6,14H,1-4H3;2*1-2H3. The topological polar surface area (TPSA) is 60.6 Å². The Bertz CT molecular complexity index is 602. The predicted octanol–water partition coefficient (Wildman–Crippen LogP) is 4.45. The third-order valence-corrected chi connectivity index (χ3v) is 2.80. The third kappa shape index (κ3) is 3.93. The molecule has 5 nitrogen and oxygen atoms in total. The molecule has 0 aliphatic heterocycles. The highest BCUT2D eigenvalue weighted by Crippen LogP contribution is 2.43. The summed E-state index contributed by atoms with van der Waals surface area (Å²) in [5.74, 6) is 1.56. The summed E-state index contributed by atoms with van der Waals surface area (Å²) >= 11 is 0. The summed E-state index contributed by atoms with van der Waals surface area (Å²) in [7, 11) is 4.65. The van der Waals surface area contributed by atoms with Crippen LogP contribution in [0, 0.1) is 0 Å². The molecule has 0 saturated heterocycles. The van der Waals surface area contributed by atoms with Crippen LogP contribution in [0.15, 0.2) is 12.1 Å². The van der Waals surface area contributed by atoms with Crippen LogP contribution in [0.25, 0.3) is 10.9 Å². The van der Waals surface area contributed by atoms with E-state index >= 15 is 0 Å². The third-order valence-electron chi connectivity index (χ3n) is 2.80. The molecule has 1 N–H and O–H groups in total. The number of ether oxygens (including phenoxy) is 3. The Morgan fingerprint density at radius 2 is 1.45 bits per heavy atom. The number of methoxy groups -OCH3 is 3. The van der Waals surface area contributed by atoms with Crippen LogP contribution >= 0.6 is 0 Å². The summed E-state index contributed by atoms with van der Waals surface area (Å²) in [5.41, 5.74) is 1.25. The molecule has 0 atom stereocenters. The molecule has 5 heteroatoms. The highest BCUT2D eigenvalue weighted by Gasteiger charge is 2.18. The lowest BCUT2D eigenvalue weighted by atomic mass is 10.2. The largest absolute Gasteiger partial charge is 0.493 e. The van der Waals surface area contributed by atoms with Gasteiger partial charge in [0.1, 0.15) is 0 Å². The van der Waals surface area contributed by atoms with E-state index in [2.05, 4.69) is 4.98 Å². The first kappa shape index (κ1) is 19.8. The fourth-order valence-electron chi connectivity index (χ4n) is 1.93. The van der Waals surface area contributed by atoms with E-state index in [1.807, 2.05) is 27.7 Å². The second kappa shape index (κ2) is 9.71. The van der Waals surface area contributed by atoms with E-state index in [0.29, 0.717) is 22.9 Å². The molecule has 0 bridgehead atoms. The second-order valence-corrected chi connectivity index (χ2v) is 3.85. The zero-order valence-electron chi connectivity index (χ0n) is 14.8. The highest BCUT2D eigenvalue weighted by molar-refractivity contribution is 6.00. The number of nitrogens with one attached hydrogen (secondary N) is 1. The second-order valence-electron chi connectivity index (χ2n) is 3.85. The van der Waals surface area contributed by atoms with Crippen molar-refractivity contribution in [3.05, 3.63) is 17.8 Å². The fourth-order valence-corrected chi connectivity index (χ4v) is 1.93. The molecular formula is C17H27NO4. The lowest BCUT2D eigenvalue weighted by Crippen LogP contribution is -1.95. The average molecular weight is 309 g/mol. The van der Waals surface area contributed by atoms with Gasteiger partial charge in [-0.05, 0) is 12.1 Å². The molecule has 0 fully saturated rings. The fraction of sp³-hybridized carbons (Fsp3) is 0.471. The lowest BCUT2D eigenvalue weighted by Gasteiger charge is -2.12. The van der Waals surface area contributed by atoms with Crippen molar-refractivity contribution in [1.29, 1.82) is 0 Å². The normalized spacial score (nSPS) is 9.09. The molecule has 0 aliphatic carbocycles. The van der Waals surface area contributed by atoms with Crippen molar-refractivity contribution in [2.24, 2.45) is 0 Å². The molecule has 0 saturated carbocycles. The van der Waals surface area contributed by atoms with Gasteiger partial charge in [0.2, 0.25) is 5.75 Å². The SMILES string of the molecule is CC.CC.COc1cc2cc(C(C)=O)[nH]c2c(OC)c1OC. The zero-order chi connectivity index (χ0) is 17.3. The molecule has 0 aliphatic rings. The molecular weight excluding hydrogens is 282 g/mol. The first-order chi connectivity index (χ1) is 10.6. The van der Waals surface area contributed by atoms with Crippen LogP contribution in [0.5, 0.6) is 17.2 Å². The molecule has 1 aromatic carbocycles. The number of rotatable bonds is 4. The number of hydrogen-bond donors (Lipinski definition) is 1. The number of aromatic amines is 1. The van der Waals surface area contributed by atoms with Gasteiger partial charge < -0.3 is 19.2 Å². The molecule has 22 heavy (non-hydrogen) atoms. The molecule has 0 amide bonds. The van der Waals surface area contributed by atoms with Crippen LogP contribution in [0.1, 0.15) is 45.1 Å². The minimum Gasteiger partial charge on any atom is -0.493 e. The van der Waals surface area contributed by atoms with Crippen LogP contribution in [0.3, 0.4) is 0 Å². The first-order valence-corrected chi connectivity index (χ1v) is 7.45. The van der Waals surface area contributed by atoms with E-state index in [1.54, 1.807) is 33.5 Å². The van der Waals surface area contributed by atoms with Crippen molar-refractivity contribution in [3.63, 3.8) is 0 Å². The molecule has 1 heterocycles. The van der Waals surface area contributed by atoms with E-state index < -0.39 is 0 Å². The average Bonchev–Trinajstić information content (AvgIpc) is 3.00. The summed E-state index contributed by atoms with van der Waals surface area (Å²) < 4.78 is 15.9. The van der Waals surface area contributed by atoms with Gasteiger partial charge in [-0.1, -0.05) is 27.7 Å². The number of carbonyl (C=O) groups excluding carboxylic acids is 1. The van der Waals surface area contributed by atoms with Crippen LogP contribution in [0.4, 0.5) is 0 Å². The van der Waals surface area contributed by atoms with E-state index in [9.17, 15) is 4.79 Å². The van der Waals surface area contributed by atoms with E-state index in [1.165, 1.54) is 6.92 Å². The number of H-pyrrole nitrogens is 1. The maximum absolute atomic E-state index is 11.4. The predicted molar refractivity (Wildman–Crippen MR) is 90.7 cm³/mol. The number of fused-ring (bicyclic) bond motifs is 1. The highest BCUT2D eigenvalue weighted by atomic mass is 16.5. The summed E-state index contributed by atoms with van der Waals surface area (Å²) in [6.45, 7) is 9.51. The van der Waals surface area contributed by atoms with Gasteiger partial charge in [-0.2, -0.15) is 0 Å². The van der Waals surface area contributed by atoms with E-state index in [0.717, 1.165) is 10.9 Å². The van der Waals surface area contributed by atoms with Crippen molar-refractivity contribution in [2.75, 3.05) is 21.3 Å². The lowest BCUT2D eigenvalue weighted by molar-refractivity contribution is 0.101. The number of benzene rings is 1. The van der Waals surface area contributed by atoms with Crippen molar-refractivity contribution in [3.8, 4) is 17.2 Å². The molecule has 0 unspecified atom stereocenters. The van der Waals surface area contributed by atoms with Gasteiger partial charge >= 0.3 is 0 Å². The van der Waals surface area contributed by atoms with Crippen LogP contribution in [-0.2, 0) is 0 Å². The number of ketones is 1. The number of carbonyl (C=O) groups is 1. The molecule has 124 valence electrons. The molecule has 0 radical (unpaired) electrons. The van der Waals surface area contributed by atoms with Crippen molar-refractivity contribution < 1.29 is 19.0 Å². The summed E-state index contributed by atoms with van der Waals surface area (Å²) in [6, 6.07) is 3.57. The van der Waals surface area contributed by atoms with Gasteiger partial charge in [0.05, 0.1) is 32.5 Å². The van der Waals surface area contributed by atoms with Crippen molar-refractivity contribution in [2.45, 2.75) is 34.6 Å². The Hall–Kier alpha value is -2.17. The molecule has 0 spiro atoms. The first-order valence-electron chi connectivity index (χ1n) is 7.45.